The van der Waals surface area contributed by atoms with Crippen LogP contribution in [0.2, 0.25) is 0 Å². The van der Waals surface area contributed by atoms with E-state index >= 15 is 0 Å². The van der Waals surface area contributed by atoms with Crippen molar-refractivity contribution in [3.63, 3.8) is 0 Å². The van der Waals surface area contributed by atoms with E-state index in [4.69, 9.17) is 20.1 Å². The summed E-state index contributed by atoms with van der Waals surface area (Å²) in [5.74, 6) is -3.45. The molecular formula is C5H9NO4. The third-order valence-electron chi connectivity index (χ3n) is 0.660. The molecule has 1 atom stereocenters. The molecule has 5 heteroatoms. The highest BCUT2D eigenvalue weighted by atomic mass is 16.4. The van der Waals surface area contributed by atoms with Crippen molar-refractivity contribution < 1.29 is 23.9 Å². The Bertz CT molecular complexity index is 240. The van der Waals surface area contributed by atoms with Crippen LogP contribution in [0.25, 0.3) is 0 Å². The minimum Gasteiger partial charge on any atom is -0.481 e. The van der Waals surface area contributed by atoms with E-state index in [1.807, 2.05) is 0 Å². The van der Waals surface area contributed by atoms with E-state index in [1.54, 1.807) is 0 Å². The van der Waals surface area contributed by atoms with Gasteiger partial charge in [-0.15, -0.1) is 0 Å². The third-order valence-corrected chi connectivity index (χ3v) is 0.660. The molecule has 0 aromatic carbocycles. The number of hydrogen-bond donors (Lipinski definition) is 3. The van der Waals surface area contributed by atoms with Gasteiger partial charge in [0, 0.05) is 9.16 Å². The van der Waals surface area contributed by atoms with Gasteiger partial charge in [-0.05, 0) is 6.37 Å². The second-order valence-corrected chi connectivity index (χ2v) is 1.47. The van der Waals surface area contributed by atoms with Crippen molar-refractivity contribution >= 4 is 11.9 Å². The van der Waals surface area contributed by atoms with Gasteiger partial charge in [-0.25, -0.2) is 0 Å². The molecule has 4 N–H and O–H groups in total. The minimum absolute atomic E-state index is 1.13. The largest absolute Gasteiger partial charge is 0.481 e. The molecule has 0 spiro atoms. The summed E-state index contributed by atoms with van der Waals surface area (Å²) in [5, 5.41) is 16.6. The Morgan fingerprint density at radius 1 is 1.70 bits per heavy atom. The summed E-state index contributed by atoms with van der Waals surface area (Å²) < 4.78 is 20.9. The zero-order valence-electron chi connectivity index (χ0n) is 8.00. The molecule has 0 aromatic heterocycles. The van der Waals surface area contributed by atoms with Crippen LogP contribution in [0.3, 0.4) is 0 Å². The molecule has 0 unspecified atom stereocenters. The van der Waals surface area contributed by atoms with Crippen LogP contribution in [0, 0.1) is 0 Å². The number of nitrogens with two attached hydrogens (primary N) is 1. The van der Waals surface area contributed by atoms with Crippen molar-refractivity contribution in [2.45, 2.75) is 18.8 Å². The summed E-state index contributed by atoms with van der Waals surface area (Å²) in [6, 6.07) is -2.95. The molecule has 0 aliphatic carbocycles. The molecule has 58 valence electrons. The Morgan fingerprint density at radius 3 is 2.50 bits per heavy atom. The Morgan fingerprint density at radius 2 is 2.20 bits per heavy atom. The monoisotopic (exact) mass is 150 g/mol. The highest BCUT2D eigenvalue weighted by molar-refractivity contribution is 5.74. The molecule has 0 saturated carbocycles. The smallest absolute Gasteiger partial charge is 0.320 e. The Kier molecular flexibility index (Phi) is 1.79. The zero-order valence-corrected chi connectivity index (χ0v) is 5.00. The summed E-state index contributed by atoms with van der Waals surface area (Å²) in [7, 11) is 0. The predicted molar refractivity (Wildman–Crippen MR) is 32.5 cm³/mol. The van der Waals surface area contributed by atoms with Crippen molar-refractivity contribution in [2.75, 3.05) is 0 Å². The van der Waals surface area contributed by atoms with E-state index in [0.717, 1.165) is 0 Å². The topological polar surface area (TPSA) is 101 Å². The van der Waals surface area contributed by atoms with Gasteiger partial charge in [0.2, 0.25) is 0 Å². The van der Waals surface area contributed by atoms with Crippen molar-refractivity contribution in [3.05, 3.63) is 0 Å². The molecule has 0 heterocycles. The molecule has 0 rings (SSSR count). The maximum absolute atomic E-state index is 10.3. The standard InChI is InChI=1S/C5H9NO4/c6-3(5(9)10)1-2-4(7)8/h3H,1-2,6H2,(H,7,8)(H,9,10)/t3-/m0/s1/i1D2,3D. The Balaban J connectivity index is 4.80. The lowest BCUT2D eigenvalue weighted by atomic mass is 10.2. The number of carboxylic acid groups (broad SMARTS) is 2. The van der Waals surface area contributed by atoms with E-state index in [9.17, 15) is 9.59 Å². The second kappa shape index (κ2) is 3.84. The average Bonchev–Trinajstić information content (AvgIpc) is 1.83. The Hall–Kier alpha value is -1.10. The van der Waals surface area contributed by atoms with Crippen molar-refractivity contribution in [2.24, 2.45) is 5.73 Å². The number of aliphatic carboxylic acids is 2. The van der Waals surface area contributed by atoms with Crippen LogP contribution < -0.4 is 5.73 Å². The highest BCUT2D eigenvalue weighted by Crippen LogP contribution is 1.93. The summed E-state index contributed by atoms with van der Waals surface area (Å²) in [4.78, 5) is 20.4. The normalized spacial score (nSPS) is 21.5. The van der Waals surface area contributed by atoms with Crippen molar-refractivity contribution in [1.29, 1.82) is 0 Å². The quantitative estimate of drug-likeness (QED) is 0.490. The zero-order chi connectivity index (χ0) is 10.9. The van der Waals surface area contributed by atoms with Gasteiger partial charge in [-0.3, -0.25) is 9.59 Å². The van der Waals surface area contributed by atoms with E-state index in [1.165, 1.54) is 0 Å². The molecule has 0 bridgehead atoms. The molecule has 0 aliphatic heterocycles. The fraction of sp³-hybridized carbons (Fsp3) is 0.600. The average molecular weight is 150 g/mol. The van der Waals surface area contributed by atoms with Crippen LogP contribution in [0.1, 0.15) is 16.9 Å². The van der Waals surface area contributed by atoms with Crippen LogP contribution in [-0.4, -0.2) is 28.2 Å². The van der Waals surface area contributed by atoms with Gasteiger partial charge in [0.25, 0.3) is 0 Å². The second-order valence-electron chi connectivity index (χ2n) is 1.47. The minimum atomic E-state index is -2.95. The van der Waals surface area contributed by atoms with Gasteiger partial charge >= 0.3 is 11.9 Å². The summed E-state index contributed by atoms with van der Waals surface area (Å²) in [5.41, 5.74) is 4.81. The van der Waals surface area contributed by atoms with Crippen LogP contribution in [-0.2, 0) is 9.59 Å². The predicted octanol–water partition coefficient (Wildman–Crippen LogP) is -0.737. The lowest BCUT2D eigenvalue weighted by Crippen LogP contribution is -2.30. The van der Waals surface area contributed by atoms with Gasteiger partial charge in [0.05, 0.1) is 1.37 Å². The molecule has 0 aliphatic rings. The molecule has 0 aromatic rings. The Labute approximate surface area is 61.7 Å². The lowest BCUT2D eigenvalue weighted by molar-refractivity contribution is -0.139. The number of carbonyl (C=O) groups is 2. The van der Waals surface area contributed by atoms with E-state index < -0.39 is 30.8 Å². The fourth-order valence-corrected chi connectivity index (χ4v) is 0.246. The summed E-state index contributed by atoms with van der Waals surface area (Å²) >= 11 is 0. The lowest BCUT2D eigenvalue weighted by Gasteiger charge is -2.01. The molecule has 0 amide bonds. The van der Waals surface area contributed by atoms with Crippen LogP contribution in [0.4, 0.5) is 0 Å². The first-order chi connectivity index (χ1) is 5.61. The summed E-state index contributed by atoms with van der Waals surface area (Å²) in [6.07, 6.45) is -3.94. The molecular weight excluding hydrogens is 138 g/mol. The van der Waals surface area contributed by atoms with Crippen LogP contribution in [0.5, 0.6) is 0 Å². The molecule has 0 saturated heterocycles. The number of rotatable bonds is 4. The molecule has 10 heavy (non-hydrogen) atoms. The van der Waals surface area contributed by atoms with Gasteiger partial charge < -0.3 is 15.9 Å². The first-order valence-electron chi connectivity index (χ1n) is 3.85. The first-order valence-corrected chi connectivity index (χ1v) is 2.35. The van der Waals surface area contributed by atoms with Gasteiger partial charge in [-0.2, -0.15) is 0 Å². The number of hydrogen-bond acceptors (Lipinski definition) is 3. The molecule has 5 nitrogen and oxygen atoms in total. The highest BCUT2D eigenvalue weighted by Gasteiger charge is 2.12. The number of carboxylic acids is 2. The first kappa shape index (κ1) is 4.68. The van der Waals surface area contributed by atoms with Gasteiger partial charge in [-0.1, -0.05) is 0 Å². The van der Waals surface area contributed by atoms with Crippen LogP contribution >= 0.6 is 0 Å². The van der Waals surface area contributed by atoms with E-state index in [2.05, 4.69) is 0 Å². The SMILES string of the molecule is [2H]C([2H])(CC(=O)O)[C@]([2H])(N)C(=O)O. The van der Waals surface area contributed by atoms with E-state index in [-0.39, 0.29) is 0 Å². The van der Waals surface area contributed by atoms with E-state index in [0.29, 0.717) is 0 Å². The summed E-state index contributed by atoms with van der Waals surface area (Å²) in [6.45, 7) is 0. The van der Waals surface area contributed by atoms with Crippen LogP contribution in [0.15, 0.2) is 0 Å². The molecule has 0 radical (unpaired) electrons. The fourth-order valence-electron chi connectivity index (χ4n) is 0.246. The van der Waals surface area contributed by atoms with Crippen molar-refractivity contribution in [1.82, 2.24) is 0 Å². The maximum atomic E-state index is 10.3. The maximum Gasteiger partial charge on any atom is 0.320 e. The third kappa shape index (κ3) is 3.85. The van der Waals surface area contributed by atoms with Gasteiger partial charge in [0.15, 0.2) is 0 Å². The molecule has 0 fully saturated rings. The van der Waals surface area contributed by atoms with Gasteiger partial charge in [0.1, 0.15) is 6.02 Å². The van der Waals surface area contributed by atoms with Crippen molar-refractivity contribution in [3.8, 4) is 0 Å².